The minimum Gasteiger partial charge on any atom is -0.805 e. The highest BCUT2D eigenvalue weighted by Crippen LogP contribution is 2.57. The predicted molar refractivity (Wildman–Crippen MR) is 63.5 cm³/mol. The zero-order valence-corrected chi connectivity index (χ0v) is 11.2. The Morgan fingerprint density at radius 1 is 1.27 bits per heavy atom. The van der Waals surface area contributed by atoms with Crippen molar-refractivity contribution in [3.05, 3.63) is 0 Å². The molecule has 3 saturated heterocycles. The molecule has 0 aromatic carbocycles. The van der Waals surface area contributed by atoms with Crippen molar-refractivity contribution in [2.24, 2.45) is 16.6 Å². The molecule has 1 spiro atoms. The highest BCUT2D eigenvalue weighted by atomic mass is 16.9. The zero-order chi connectivity index (χ0) is 16.1. The lowest BCUT2D eigenvalue weighted by molar-refractivity contribution is -0.709. The summed E-state index contributed by atoms with van der Waals surface area (Å²) in [7, 11) is 0. The minimum atomic E-state index is -2.77. The maximum absolute atomic E-state index is 12.5. The van der Waals surface area contributed by atoms with Crippen LogP contribution in [-0.4, -0.2) is 85.9 Å². The minimum absolute atomic E-state index is 0.278. The van der Waals surface area contributed by atoms with Gasteiger partial charge in [-0.05, 0) is 0 Å². The van der Waals surface area contributed by atoms with Crippen LogP contribution in [0.2, 0.25) is 0 Å². The number of nitrogens with zero attached hydrogens (tertiary/aromatic N) is 1. The third-order valence-electron chi connectivity index (χ3n) is 5.20. The van der Waals surface area contributed by atoms with Gasteiger partial charge in [-0.1, -0.05) is 0 Å². The number of ether oxygens (including phenoxy) is 2. The van der Waals surface area contributed by atoms with Crippen molar-refractivity contribution >= 4 is 5.96 Å². The molecule has 11 nitrogen and oxygen atoms in total. The van der Waals surface area contributed by atoms with Crippen LogP contribution in [0.5, 0.6) is 0 Å². The van der Waals surface area contributed by atoms with Gasteiger partial charge in [0.1, 0.15) is 41.5 Å². The smallest absolute Gasteiger partial charge is 0.191 e. The molecular weight excluding hydrogens is 302 g/mol. The van der Waals surface area contributed by atoms with Gasteiger partial charge in [0.25, 0.3) is 0 Å². The Morgan fingerprint density at radius 3 is 2.55 bits per heavy atom. The van der Waals surface area contributed by atoms with E-state index in [-0.39, 0.29) is 5.96 Å². The molecule has 4 aliphatic heterocycles. The zero-order valence-electron chi connectivity index (χ0n) is 11.2. The molecule has 0 radical (unpaired) electrons. The quantitative estimate of drug-likeness (QED) is 0.244. The molecule has 1 aliphatic carbocycles. The van der Waals surface area contributed by atoms with Gasteiger partial charge in [0.05, 0.1) is 12.5 Å². The predicted octanol–water partition coefficient (Wildman–Crippen LogP) is -6.15. The number of hydrogen-bond donors (Lipinski definition) is 7. The van der Waals surface area contributed by atoms with Crippen LogP contribution in [-0.2, 0) is 9.47 Å². The average molecular weight is 318 g/mol. The first-order valence-electron chi connectivity index (χ1n) is 6.75. The first-order chi connectivity index (χ1) is 10.2. The van der Waals surface area contributed by atoms with Gasteiger partial charge < -0.3 is 51.2 Å². The standard InChI is InChI=1S/C11H16N3O8/c12-8-13-6(17)2-4-9(19,1-15)5-3(16)10(2,14-8)7(18)11(20,21-4)22-5/h2-7,15-19H,1H2,(H3,12,13,14)/q-1. The summed E-state index contributed by atoms with van der Waals surface area (Å²) in [6, 6.07) is 0. The van der Waals surface area contributed by atoms with Crippen molar-refractivity contribution in [1.29, 1.82) is 0 Å². The summed E-state index contributed by atoms with van der Waals surface area (Å²) < 4.78 is 10.1. The molecule has 4 bridgehead atoms. The van der Waals surface area contributed by atoms with Crippen molar-refractivity contribution < 1.29 is 40.1 Å². The maximum Gasteiger partial charge on any atom is 0.191 e. The molecule has 8 N–H and O–H groups in total. The monoisotopic (exact) mass is 318 g/mol. The second-order valence-corrected chi connectivity index (χ2v) is 6.19. The fourth-order valence-electron chi connectivity index (χ4n) is 4.22. The Balaban J connectivity index is 1.95. The summed E-state index contributed by atoms with van der Waals surface area (Å²) in [6.45, 7) is -0.885. The number of rotatable bonds is 1. The molecule has 9 unspecified atom stereocenters. The largest absolute Gasteiger partial charge is 0.805 e. The Hall–Kier alpha value is -1.05. The van der Waals surface area contributed by atoms with Gasteiger partial charge in [-0.25, -0.2) is 4.99 Å². The number of guanidine groups is 1. The average Bonchev–Trinajstić information content (AvgIpc) is 2.45. The lowest BCUT2D eigenvalue weighted by Crippen LogP contribution is -2.97. The summed E-state index contributed by atoms with van der Waals surface area (Å²) in [5.41, 5.74) is 1.61. The molecule has 5 rings (SSSR count). The highest BCUT2D eigenvalue weighted by Gasteiger charge is 2.80. The summed E-state index contributed by atoms with van der Waals surface area (Å²) >= 11 is 0. The number of hydrogen-bond acceptors (Lipinski definition) is 11. The van der Waals surface area contributed by atoms with E-state index in [1.807, 2.05) is 0 Å². The first-order valence-corrected chi connectivity index (χ1v) is 6.75. The molecule has 11 heteroatoms. The van der Waals surface area contributed by atoms with Gasteiger partial charge in [0.15, 0.2) is 12.2 Å². The van der Waals surface area contributed by atoms with Crippen molar-refractivity contribution in [1.82, 2.24) is 5.32 Å². The second kappa shape index (κ2) is 3.88. The van der Waals surface area contributed by atoms with Crippen molar-refractivity contribution in [3.63, 3.8) is 0 Å². The summed E-state index contributed by atoms with van der Waals surface area (Å²) in [5, 5.41) is 66.3. The van der Waals surface area contributed by atoms with Crippen molar-refractivity contribution in [2.45, 2.75) is 47.8 Å². The number of nitrogens with one attached hydrogen (secondary N) is 1. The van der Waals surface area contributed by atoms with Crippen LogP contribution >= 0.6 is 0 Å². The van der Waals surface area contributed by atoms with E-state index in [0.717, 1.165) is 0 Å². The Morgan fingerprint density at radius 2 is 1.91 bits per heavy atom. The number of nitrogens with two attached hydrogens (primary N) is 1. The van der Waals surface area contributed by atoms with Crippen molar-refractivity contribution in [2.75, 3.05) is 6.61 Å². The molecule has 124 valence electrons. The molecule has 9 atom stereocenters. The van der Waals surface area contributed by atoms with Gasteiger partial charge in [-0.15, -0.1) is 0 Å². The van der Waals surface area contributed by atoms with Crippen LogP contribution < -0.4 is 16.2 Å². The van der Waals surface area contributed by atoms with Crippen LogP contribution in [0.15, 0.2) is 4.99 Å². The highest BCUT2D eigenvalue weighted by molar-refractivity contribution is 5.80. The number of aliphatic hydroxyl groups excluding tert-OH is 4. The molecular formula is C11H16N3O8-. The first kappa shape index (κ1) is 14.5. The SMILES string of the molecule is NC1=NC(O)C2C3OC4([O-])OC(C(O)C2(N1)C4O)C3(O)CO. The van der Waals surface area contributed by atoms with Crippen molar-refractivity contribution in [3.8, 4) is 0 Å². The molecule has 22 heavy (non-hydrogen) atoms. The summed E-state index contributed by atoms with van der Waals surface area (Å²) in [6.07, 6.45) is -8.08. The van der Waals surface area contributed by atoms with Crippen LogP contribution in [0, 0.1) is 5.92 Å². The molecule has 1 saturated carbocycles. The second-order valence-electron chi connectivity index (χ2n) is 6.19. The summed E-state index contributed by atoms with van der Waals surface area (Å²) in [4.78, 5) is 3.68. The number of aliphatic hydroxyl groups is 5. The molecule has 0 aromatic rings. The van der Waals surface area contributed by atoms with Gasteiger partial charge in [-0.3, -0.25) is 0 Å². The molecule has 4 fully saturated rings. The molecule has 0 aromatic heterocycles. The maximum atomic E-state index is 12.5. The van der Waals surface area contributed by atoms with E-state index in [2.05, 4.69) is 10.3 Å². The summed E-state index contributed by atoms with van der Waals surface area (Å²) in [5.74, 6) is -4.26. The third kappa shape index (κ3) is 1.28. The third-order valence-corrected chi connectivity index (χ3v) is 5.20. The lowest BCUT2D eigenvalue weighted by Gasteiger charge is -2.75. The molecule has 4 heterocycles. The lowest BCUT2D eigenvalue weighted by atomic mass is 9.55. The van der Waals surface area contributed by atoms with E-state index in [1.54, 1.807) is 0 Å². The normalized spacial score (nSPS) is 62.4. The van der Waals surface area contributed by atoms with Gasteiger partial charge in [0.2, 0.25) is 0 Å². The van der Waals surface area contributed by atoms with E-state index in [4.69, 9.17) is 15.2 Å². The van der Waals surface area contributed by atoms with Gasteiger partial charge in [-0.2, -0.15) is 0 Å². The van der Waals surface area contributed by atoms with Crippen LogP contribution in [0.25, 0.3) is 0 Å². The van der Waals surface area contributed by atoms with E-state index < -0.39 is 60.3 Å². The fraction of sp³-hybridized carbons (Fsp3) is 0.909. The van der Waals surface area contributed by atoms with E-state index in [0.29, 0.717) is 0 Å². The fourth-order valence-corrected chi connectivity index (χ4v) is 4.22. The molecule has 0 amide bonds. The van der Waals surface area contributed by atoms with Crippen LogP contribution in [0.3, 0.4) is 0 Å². The Kier molecular flexibility index (Phi) is 2.57. The van der Waals surface area contributed by atoms with Crippen LogP contribution in [0.4, 0.5) is 0 Å². The van der Waals surface area contributed by atoms with E-state index in [1.165, 1.54) is 0 Å². The Labute approximate surface area is 123 Å². The van der Waals surface area contributed by atoms with Gasteiger partial charge >= 0.3 is 0 Å². The Bertz CT molecular complexity index is 561. The van der Waals surface area contributed by atoms with E-state index >= 15 is 0 Å². The van der Waals surface area contributed by atoms with Gasteiger partial charge in [0, 0.05) is 0 Å². The van der Waals surface area contributed by atoms with E-state index in [9.17, 15) is 30.6 Å². The molecule has 5 aliphatic rings. The number of aliphatic imine (C=N–C) groups is 1. The topological polar surface area (TPSA) is 193 Å². The van der Waals surface area contributed by atoms with Crippen LogP contribution in [0.1, 0.15) is 0 Å².